The predicted octanol–water partition coefficient (Wildman–Crippen LogP) is 7.08. The molecular weight excluding hydrogens is 566 g/mol. The van der Waals surface area contributed by atoms with Gasteiger partial charge in [-0.3, -0.25) is 9.78 Å². The molecule has 3 aromatic heterocycles. The standard InChI is InChI=1S/C35H45N7O3/c1-11-17-41-30(43)26-21-37-31(39-29(26)42(41)24-14-16-36-27(20-24)33(2,3)4)38-23-12-13-25-22(19-23)15-18-40(28(25)34(5,6)7)32(44)45-35(8,9)10/h11-14,16,19-21,28H,1,15,17-18H2,2-10H3,(H,37,38,39). The van der Waals surface area contributed by atoms with Crippen molar-refractivity contribution in [2.45, 2.75) is 92.3 Å². The number of nitrogens with one attached hydrogen (secondary N) is 1. The minimum absolute atomic E-state index is 0.143. The minimum Gasteiger partial charge on any atom is -0.444 e. The van der Waals surface area contributed by atoms with Crippen LogP contribution in [0, 0.1) is 5.41 Å². The molecule has 4 heterocycles. The molecule has 0 radical (unpaired) electrons. The van der Waals surface area contributed by atoms with E-state index < -0.39 is 5.60 Å². The minimum atomic E-state index is -0.571. The summed E-state index contributed by atoms with van der Waals surface area (Å²) in [6.07, 6.45) is 5.42. The summed E-state index contributed by atoms with van der Waals surface area (Å²) in [5.74, 6) is 0.371. The Bertz CT molecular complexity index is 1820. The third-order valence-corrected chi connectivity index (χ3v) is 7.81. The first-order valence-electron chi connectivity index (χ1n) is 15.4. The summed E-state index contributed by atoms with van der Waals surface area (Å²) in [6.45, 7) is 23.1. The highest BCUT2D eigenvalue weighted by Crippen LogP contribution is 2.43. The predicted molar refractivity (Wildman–Crippen MR) is 178 cm³/mol. The maximum Gasteiger partial charge on any atom is 0.410 e. The third kappa shape index (κ3) is 6.50. The average molecular weight is 612 g/mol. The van der Waals surface area contributed by atoms with E-state index in [9.17, 15) is 9.59 Å². The van der Waals surface area contributed by atoms with Gasteiger partial charge in [-0.15, -0.1) is 6.58 Å². The number of pyridine rings is 1. The molecule has 1 aromatic carbocycles. The van der Waals surface area contributed by atoms with Gasteiger partial charge >= 0.3 is 6.09 Å². The van der Waals surface area contributed by atoms with Crippen molar-refractivity contribution in [1.29, 1.82) is 0 Å². The Hall–Kier alpha value is -4.47. The molecule has 0 bridgehead atoms. The van der Waals surface area contributed by atoms with Crippen LogP contribution in [0.3, 0.4) is 0 Å². The molecule has 5 rings (SSSR count). The first-order chi connectivity index (χ1) is 21.0. The number of benzene rings is 1. The highest BCUT2D eigenvalue weighted by atomic mass is 16.6. The van der Waals surface area contributed by atoms with Crippen molar-refractivity contribution in [1.82, 2.24) is 29.2 Å². The lowest BCUT2D eigenvalue weighted by molar-refractivity contribution is -0.000961. The van der Waals surface area contributed by atoms with Crippen molar-refractivity contribution in [2.75, 3.05) is 11.9 Å². The van der Waals surface area contributed by atoms with Crippen LogP contribution in [0.2, 0.25) is 0 Å². The maximum atomic E-state index is 13.4. The van der Waals surface area contributed by atoms with Gasteiger partial charge in [0, 0.05) is 35.7 Å². The van der Waals surface area contributed by atoms with Gasteiger partial charge in [-0.2, -0.15) is 4.98 Å². The fourth-order valence-electron chi connectivity index (χ4n) is 5.88. The normalized spacial score (nSPS) is 15.6. The van der Waals surface area contributed by atoms with E-state index in [1.54, 1.807) is 23.2 Å². The van der Waals surface area contributed by atoms with Crippen LogP contribution in [0.4, 0.5) is 16.4 Å². The Morgan fingerprint density at radius 3 is 2.44 bits per heavy atom. The fraction of sp³-hybridized carbons (Fsp3) is 0.457. The van der Waals surface area contributed by atoms with Crippen LogP contribution in [-0.4, -0.2) is 47.5 Å². The van der Waals surface area contributed by atoms with E-state index in [1.807, 2.05) is 48.6 Å². The topological polar surface area (TPSA) is 107 Å². The van der Waals surface area contributed by atoms with Crippen molar-refractivity contribution < 1.29 is 9.53 Å². The summed E-state index contributed by atoms with van der Waals surface area (Å²) in [5, 5.41) is 3.77. The van der Waals surface area contributed by atoms with Gasteiger partial charge in [-0.1, -0.05) is 53.7 Å². The van der Waals surface area contributed by atoms with Crippen LogP contribution >= 0.6 is 0 Å². The second-order valence-corrected chi connectivity index (χ2v) is 14.8. The van der Waals surface area contributed by atoms with Crippen molar-refractivity contribution >= 4 is 28.8 Å². The van der Waals surface area contributed by atoms with Crippen LogP contribution in [0.5, 0.6) is 0 Å². The molecule has 1 aliphatic rings. The lowest BCUT2D eigenvalue weighted by Crippen LogP contribution is -2.47. The van der Waals surface area contributed by atoms with Gasteiger partial charge < -0.3 is 15.0 Å². The van der Waals surface area contributed by atoms with Gasteiger partial charge in [0.25, 0.3) is 5.56 Å². The van der Waals surface area contributed by atoms with Crippen molar-refractivity contribution in [2.24, 2.45) is 5.41 Å². The molecule has 1 unspecified atom stereocenters. The number of fused-ring (bicyclic) bond motifs is 2. The van der Waals surface area contributed by atoms with E-state index in [4.69, 9.17) is 9.72 Å². The van der Waals surface area contributed by atoms with Crippen molar-refractivity contribution in [3.05, 3.63) is 82.6 Å². The Balaban J connectivity index is 1.52. The van der Waals surface area contributed by atoms with Crippen LogP contribution in [0.1, 0.15) is 85.2 Å². The van der Waals surface area contributed by atoms with Gasteiger partial charge in [0.15, 0.2) is 5.65 Å². The molecule has 0 spiro atoms. The van der Waals surface area contributed by atoms with Gasteiger partial charge in [-0.05, 0) is 68.0 Å². The summed E-state index contributed by atoms with van der Waals surface area (Å²) >= 11 is 0. The highest BCUT2D eigenvalue weighted by Gasteiger charge is 2.40. The van der Waals surface area contributed by atoms with E-state index in [0.717, 1.165) is 28.2 Å². The lowest BCUT2D eigenvalue weighted by atomic mass is 9.77. The number of amides is 1. The molecule has 238 valence electrons. The number of allylic oxidation sites excluding steroid dienone is 1. The van der Waals surface area contributed by atoms with Crippen LogP contribution < -0.4 is 10.9 Å². The summed E-state index contributed by atoms with van der Waals surface area (Å²) in [5.41, 5.74) is 4.11. The van der Waals surface area contributed by atoms with Gasteiger partial charge in [0.05, 0.1) is 18.3 Å². The number of anilines is 2. The first kappa shape index (κ1) is 31.9. The van der Waals surface area contributed by atoms with E-state index in [1.165, 1.54) is 0 Å². The molecule has 0 saturated carbocycles. The zero-order chi connectivity index (χ0) is 32.9. The number of carbonyl (C=O) groups excluding carboxylic acids is 1. The van der Waals surface area contributed by atoms with Crippen molar-refractivity contribution in [3.63, 3.8) is 0 Å². The molecule has 4 aromatic rings. The summed E-state index contributed by atoms with van der Waals surface area (Å²) in [6, 6.07) is 9.88. The smallest absolute Gasteiger partial charge is 0.410 e. The number of hydrogen-bond acceptors (Lipinski definition) is 7. The third-order valence-electron chi connectivity index (χ3n) is 7.81. The van der Waals surface area contributed by atoms with Gasteiger partial charge in [-0.25, -0.2) is 19.1 Å². The monoisotopic (exact) mass is 611 g/mol. The Morgan fingerprint density at radius 2 is 1.80 bits per heavy atom. The van der Waals surface area contributed by atoms with Gasteiger partial charge in [0.1, 0.15) is 11.0 Å². The number of ether oxygens (including phenoxy) is 1. The number of rotatable bonds is 5. The molecule has 45 heavy (non-hydrogen) atoms. The van der Waals surface area contributed by atoms with Crippen LogP contribution in [0.15, 0.2) is 60.2 Å². The molecule has 10 heteroatoms. The molecule has 0 fully saturated rings. The second-order valence-electron chi connectivity index (χ2n) is 14.8. The molecule has 1 amide bonds. The Labute approximate surface area is 265 Å². The fourth-order valence-corrected chi connectivity index (χ4v) is 5.88. The second kappa shape index (κ2) is 11.5. The van der Waals surface area contributed by atoms with E-state index in [2.05, 4.69) is 75.5 Å². The molecule has 1 atom stereocenters. The average Bonchev–Trinajstić information content (AvgIpc) is 3.21. The number of aromatic nitrogens is 5. The molecule has 10 nitrogen and oxygen atoms in total. The van der Waals surface area contributed by atoms with E-state index in [0.29, 0.717) is 36.5 Å². The van der Waals surface area contributed by atoms with Crippen LogP contribution in [-0.2, 0) is 23.1 Å². The number of carbonyl (C=O) groups is 1. The Kier molecular flexibility index (Phi) is 8.14. The lowest BCUT2D eigenvalue weighted by Gasteiger charge is -2.44. The SMILES string of the molecule is C=CCn1c(=O)c2cnc(Nc3ccc4c(c3)CCN(C(=O)OC(C)(C)C)C4C(C)(C)C)nc2n1-c1ccnc(C(C)(C)C)c1. The molecule has 1 aliphatic heterocycles. The maximum absolute atomic E-state index is 13.4. The van der Waals surface area contributed by atoms with E-state index >= 15 is 0 Å². The molecule has 0 saturated heterocycles. The largest absolute Gasteiger partial charge is 0.444 e. The van der Waals surface area contributed by atoms with Crippen LogP contribution in [0.25, 0.3) is 16.7 Å². The summed E-state index contributed by atoms with van der Waals surface area (Å²) in [4.78, 5) is 42.4. The summed E-state index contributed by atoms with van der Waals surface area (Å²) < 4.78 is 9.19. The quantitative estimate of drug-likeness (QED) is 0.240. The van der Waals surface area contributed by atoms with E-state index in [-0.39, 0.29) is 28.5 Å². The zero-order valence-electron chi connectivity index (χ0n) is 27.9. The Morgan fingerprint density at radius 1 is 1.07 bits per heavy atom. The highest BCUT2D eigenvalue weighted by molar-refractivity contribution is 5.77. The zero-order valence-corrected chi connectivity index (χ0v) is 27.9. The summed E-state index contributed by atoms with van der Waals surface area (Å²) in [7, 11) is 0. The molecular formula is C35H45N7O3. The van der Waals surface area contributed by atoms with Gasteiger partial charge in [0.2, 0.25) is 5.95 Å². The molecule has 0 aliphatic carbocycles. The number of hydrogen-bond donors (Lipinski definition) is 1. The molecule has 1 N–H and O–H groups in total. The van der Waals surface area contributed by atoms with Crippen molar-refractivity contribution in [3.8, 4) is 5.69 Å². The number of nitrogens with zero attached hydrogens (tertiary/aromatic N) is 6. The first-order valence-corrected chi connectivity index (χ1v) is 15.4.